The first kappa shape index (κ1) is 5.92. The summed E-state index contributed by atoms with van der Waals surface area (Å²) in [4.78, 5) is 0. The molecule has 3 nitrogen and oxygen atoms in total. The molecule has 0 fully saturated rings. The molecule has 0 atom stereocenters. The molecule has 0 unspecified atom stereocenters. The van der Waals surface area contributed by atoms with Gasteiger partial charge in [0.2, 0.25) is 0 Å². The molecular weight excluding hydrogens is 126 g/mol. The van der Waals surface area contributed by atoms with E-state index in [2.05, 4.69) is 21.7 Å². The van der Waals surface area contributed by atoms with Crippen LogP contribution in [0.15, 0.2) is 0 Å². The van der Waals surface area contributed by atoms with Crippen LogP contribution in [-0.4, -0.2) is 23.3 Å². The van der Waals surface area contributed by atoms with Crippen molar-refractivity contribution in [1.82, 2.24) is 15.5 Å². The summed E-state index contributed by atoms with van der Waals surface area (Å²) in [6.45, 7) is 2.11. The average molecular weight is 136 g/mol. The summed E-state index contributed by atoms with van der Waals surface area (Å²) in [5, 5.41) is 10.2. The minimum Gasteiger partial charge on any atom is -0.316 e. The van der Waals surface area contributed by atoms with E-state index in [1.165, 1.54) is 11.3 Å². The van der Waals surface area contributed by atoms with Crippen molar-refractivity contribution >= 4 is 0 Å². The van der Waals surface area contributed by atoms with Gasteiger partial charge in [0.15, 0.2) is 0 Å². The normalized spacial score (nSPS) is 18.0. The van der Waals surface area contributed by atoms with Crippen LogP contribution in [0.5, 0.6) is 0 Å². The number of H-pyrrole nitrogens is 1. The number of rotatable bonds is 0. The molecule has 1 aliphatic heterocycles. The van der Waals surface area contributed by atoms with Crippen molar-refractivity contribution in [3.05, 3.63) is 17.5 Å². The van der Waals surface area contributed by atoms with Crippen LogP contribution in [0.3, 0.4) is 0 Å². The Labute approximate surface area is 59.8 Å². The predicted octanol–water partition coefficient (Wildman–Crippen LogP) is -0.102. The third-order valence-corrected chi connectivity index (χ3v) is 1.84. The van der Waals surface area contributed by atoms with Gasteiger partial charge in [0, 0.05) is 18.5 Å². The Hall–Kier alpha value is -0.830. The smallest absolute Gasteiger partial charge is 0.0866 e. The highest BCUT2D eigenvalue weighted by Crippen LogP contribution is 2.06. The lowest BCUT2D eigenvalue weighted by Crippen LogP contribution is -2.16. The van der Waals surface area contributed by atoms with Crippen LogP contribution in [0.1, 0.15) is 11.3 Å². The van der Waals surface area contributed by atoms with Gasteiger partial charge in [-0.3, -0.25) is 5.10 Å². The highest BCUT2D eigenvalue weighted by atomic mass is 15.1. The summed E-state index contributed by atoms with van der Waals surface area (Å²) in [5.74, 6) is 0. The van der Waals surface area contributed by atoms with Crippen molar-refractivity contribution in [3.63, 3.8) is 0 Å². The van der Waals surface area contributed by atoms with Gasteiger partial charge >= 0.3 is 0 Å². The van der Waals surface area contributed by atoms with E-state index in [1.54, 1.807) is 0 Å². The number of nitrogens with one attached hydrogen (secondary N) is 2. The Morgan fingerprint density at radius 2 is 2.20 bits per heavy atom. The summed E-state index contributed by atoms with van der Waals surface area (Å²) in [6, 6.07) is 0. The first-order chi connectivity index (χ1) is 4.97. The summed E-state index contributed by atoms with van der Waals surface area (Å²) in [7, 11) is 0. The van der Waals surface area contributed by atoms with E-state index in [0.29, 0.717) is 0 Å². The Kier molecular flexibility index (Phi) is 1.43. The molecular formula is C7H10N3. The molecule has 0 spiro atoms. The van der Waals surface area contributed by atoms with Gasteiger partial charge in [-0.05, 0) is 13.0 Å². The van der Waals surface area contributed by atoms with E-state index in [1.807, 2.05) is 0 Å². The molecule has 2 heterocycles. The summed E-state index contributed by atoms with van der Waals surface area (Å²) in [5.41, 5.74) is 2.44. The van der Waals surface area contributed by atoms with Crippen LogP contribution >= 0.6 is 0 Å². The molecule has 10 heavy (non-hydrogen) atoms. The third-order valence-electron chi connectivity index (χ3n) is 1.84. The number of aromatic nitrogens is 2. The second-order valence-corrected chi connectivity index (χ2v) is 2.52. The van der Waals surface area contributed by atoms with Crippen LogP contribution in [-0.2, 0) is 12.8 Å². The SMILES string of the molecule is [c]1[nH]nc2c1CCNCC2. The molecule has 2 N–H and O–H groups in total. The fourth-order valence-corrected chi connectivity index (χ4v) is 1.26. The van der Waals surface area contributed by atoms with Crippen molar-refractivity contribution < 1.29 is 0 Å². The van der Waals surface area contributed by atoms with Crippen molar-refractivity contribution in [2.24, 2.45) is 0 Å². The van der Waals surface area contributed by atoms with Gasteiger partial charge in [-0.25, -0.2) is 0 Å². The minimum absolute atomic E-state index is 1.04. The monoisotopic (exact) mass is 136 g/mol. The Balaban J connectivity index is 2.28. The maximum absolute atomic E-state index is 4.10. The van der Waals surface area contributed by atoms with Gasteiger partial charge in [-0.1, -0.05) is 0 Å². The van der Waals surface area contributed by atoms with Crippen molar-refractivity contribution in [1.29, 1.82) is 0 Å². The molecule has 0 aliphatic carbocycles. The van der Waals surface area contributed by atoms with Gasteiger partial charge in [-0.15, -0.1) is 0 Å². The minimum atomic E-state index is 1.04. The molecule has 1 radical (unpaired) electrons. The zero-order valence-electron chi connectivity index (χ0n) is 5.78. The van der Waals surface area contributed by atoms with Crippen LogP contribution in [0.2, 0.25) is 0 Å². The Bertz CT molecular complexity index is 196. The first-order valence-corrected chi connectivity index (χ1v) is 3.61. The molecule has 0 saturated heterocycles. The fourth-order valence-electron chi connectivity index (χ4n) is 1.26. The second-order valence-electron chi connectivity index (χ2n) is 2.52. The first-order valence-electron chi connectivity index (χ1n) is 3.61. The van der Waals surface area contributed by atoms with Crippen LogP contribution in [0.25, 0.3) is 0 Å². The zero-order valence-corrected chi connectivity index (χ0v) is 5.78. The average Bonchev–Trinajstić information content (AvgIpc) is 2.28. The summed E-state index contributed by atoms with van der Waals surface area (Å²) >= 11 is 0. The topological polar surface area (TPSA) is 40.7 Å². The fraction of sp³-hybridized carbons (Fsp3) is 0.571. The summed E-state index contributed by atoms with van der Waals surface area (Å²) in [6.07, 6.45) is 5.12. The summed E-state index contributed by atoms with van der Waals surface area (Å²) < 4.78 is 0. The molecule has 0 saturated carbocycles. The lowest BCUT2D eigenvalue weighted by atomic mass is 10.2. The van der Waals surface area contributed by atoms with Crippen molar-refractivity contribution in [2.75, 3.05) is 13.1 Å². The van der Waals surface area contributed by atoms with Gasteiger partial charge in [-0.2, -0.15) is 5.10 Å². The predicted molar refractivity (Wildman–Crippen MR) is 37.7 cm³/mol. The number of aromatic amines is 1. The molecule has 3 heteroatoms. The lowest BCUT2D eigenvalue weighted by Gasteiger charge is -1.93. The molecule has 1 aromatic heterocycles. The zero-order chi connectivity index (χ0) is 6.81. The van der Waals surface area contributed by atoms with E-state index in [9.17, 15) is 0 Å². The van der Waals surface area contributed by atoms with Crippen molar-refractivity contribution in [3.8, 4) is 0 Å². The molecule has 0 amide bonds. The van der Waals surface area contributed by atoms with E-state index >= 15 is 0 Å². The number of nitrogens with zero attached hydrogens (tertiary/aromatic N) is 1. The molecule has 0 bridgehead atoms. The van der Waals surface area contributed by atoms with Crippen LogP contribution in [0.4, 0.5) is 0 Å². The maximum Gasteiger partial charge on any atom is 0.0866 e. The molecule has 0 aromatic carbocycles. The highest BCUT2D eigenvalue weighted by molar-refractivity contribution is 5.17. The third kappa shape index (κ3) is 0.926. The molecule has 2 rings (SSSR count). The quantitative estimate of drug-likeness (QED) is 0.523. The van der Waals surface area contributed by atoms with Gasteiger partial charge < -0.3 is 5.32 Å². The largest absolute Gasteiger partial charge is 0.316 e. The Morgan fingerprint density at radius 1 is 1.30 bits per heavy atom. The van der Waals surface area contributed by atoms with Gasteiger partial charge in [0.25, 0.3) is 0 Å². The number of hydrogen-bond donors (Lipinski definition) is 2. The van der Waals surface area contributed by atoms with Gasteiger partial charge in [0.05, 0.1) is 11.9 Å². The molecule has 1 aromatic rings. The van der Waals surface area contributed by atoms with Crippen molar-refractivity contribution in [2.45, 2.75) is 12.8 Å². The highest BCUT2D eigenvalue weighted by Gasteiger charge is 2.08. The lowest BCUT2D eigenvalue weighted by molar-refractivity contribution is 0.702. The van der Waals surface area contributed by atoms with E-state index in [4.69, 9.17) is 0 Å². The van der Waals surface area contributed by atoms with E-state index < -0.39 is 0 Å². The number of fused-ring (bicyclic) bond motifs is 1. The van der Waals surface area contributed by atoms with E-state index in [-0.39, 0.29) is 0 Å². The second kappa shape index (κ2) is 2.42. The number of hydrogen-bond acceptors (Lipinski definition) is 2. The molecule has 1 aliphatic rings. The Morgan fingerprint density at radius 3 is 3.20 bits per heavy atom. The standard InChI is InChI=1S/C7H10N3/c1-3-8-4-2-7-6(1)5-9-10-7/h8H,1-4H2,(H,9,10). The molecule has 53 valence electrons. The maximum atomic E-state index is 4.10. The van der Waals surface area contributed by atoms with Gasteiger partial charge in [0.1, 0.15) is 0 Å². The van der Waals surface area contributed by atoms with Crippen LogP contribution in [0, 0.1) is 6.20 Å². The van der Waals surface area contributed by atoms with E-state index in [0.717, 1.165) is 25.9 Å². The van der Waals surface area contributed by atoms with Crippen LogP contribution < -0.4 is 5.32 Å².